The Bertz CT molecular complexity index is 540. The van der Waals surface area contributed by atoms with Gasteiger partial charge in [-0.05, 0) is 30.7 Å². The largest absolute Gasteiger partial charge is 0.353 e. The van der Waals surface area contributed by atoms with Crippen LogP contribution in [0.3, 0.4) is 0 Å². The summed E-state index contributed by atoms with van der Waals surface area (Å²) in [6.07, 6.45) is 0. The molecule has 0 aliphatic rings. The van der Waals surface area contributed by atoms with E-state index in [0.29, 0.717) is 11.4 Å². The van der Waals surface area contributed by atoms with E-state index in [9.17, 15) is 4.39 Å². The number of nitrogens with one attached hydrogen (secondary N) is 1. The molecule has 0 saturated carbocycles. The second-order valence-electron chi connectivity index (χ2n) is 3.51. The first-order valence-corrected chi connectivity index (χ1v) is 5.53. The molecule has 0 aliphatic carbocycles. The van der Waals surface area contributed by atoms with Crippen LogP contribution in [0.2, 0.25) is 10.3 Å². The van der Waals surface area contributed by atoms with E-state index in [-0.39, 0.29) is 16.1 Å². The smallest absolute Gasteiger partial charge is 0.175 e. The summed E-state index contributed by atoms with van der Waals surface area (Å²) in [6, 6.07) is 6.10. The normalized spacial score (nSPS) is 10.4. The van der Waals surface area contributed by atoms with E-state index < -0.39 is 0 Å². The minimum atomic E-state index is -0.322. The van der Waals surface area contributed by atoms with Crippen molar-refractivity contribution in [1.29, 1.82) is 0 Å². The Morgan fingerprint density at radius 3 is 2.59 bits per heavy atom. The first kappa shape index (κ1) is 12.1. The molecule has 3 nitrogen and oxygen atoms in total. The molecule has 1 aromatic carbocycles. The van der Waals surface area contributed by atoms with Gasteiger partial charge in [0.15, 0.2) is 10.3 Å². The van der Waals surface area contributed by atoms with Crippen LogP contribution in [0.5, 0.6) is 0 Å². The molecule has 0 atom stereocenters. The van der Waals surface area contributed by atoms with Crippen molar-refractivity contribution in [3.63, 3.8) is 0 Å². The summed E-state index contributed by atoms with van der Waals surface area (Å²) in [7, 11) is 0. The fraction of sp³-hybridized carbons (Fsp3) is 0.0909. The second kappa shape index (κ2) is 4.85. The maximum Gasteiger partial charge on any atom is 0.175 e. The highest BCUT2D eigenvalue weighted by Crippen LogP contribution is 2.25. The SMILES string of the molecule is Cc1cc(F)cc(Nc2cc(Cl)nnc2Cl)c1. The van der Waals surface area contributed by atoms with Gasteiger partial charge in [0.1, 0.15) is 5.82 Å². The quantitative estimate of drug-likeness (QED) is 0.898. The lowest BCUT2D eigenvalue weighted by atomic mass is 10.2. The second-order valence-corrected chi connectivity index (χ2v) is 4.26. The van der Waals surface area contributed by atoms with E-state index in [1.807, 2.05) is 0 Å². The van der Waals surface area contributed by atoms with E-state index in [1.54, 1.807) is 13.0 Å². The van der Waals surface area contributed by atoms with Crippen LogP contribution in [-0.2, 0) is 0 Å². The summed E-state index contributed by atoms with van der Waals surface area (Å²) >= 11 is 11.5. The number of nitrogens with zero attached hydrogens (tertiary/aromatic N) is 2. The van der Waals surface area contributed by atoms with Gasteiger partial charge in [0, 0.05) is 11.8 Å². The predicted molar refractivity (Wildman–Crippen MR) is 66.5 cm³/mol. The van der Waals surface area contributed by atoms with Crippen molar-refractivity contribution in [2.45, 2.75) is 6.92 Å². The summed E-state index contributed by atoms with van der Waals surface area (Å²) in [4.78, 5) is 0. The zero-order valence-corrected chi connectivity index (χ0v) is 10.3. The number of anilines is 2. The molecule has 0 radical (unpaired) electrons. The van der Waals surface area contributed by atoms with Crippen molar-refractivity contribution in [3.8, 4) is 0 Å². The van der Waals surface area contributed by atoms with E-state index in [1.165, 1.54) is 18.2 Å². The molecule has 0 aliphatic heterocycles. The maximum absolute atomic E-state index is 13.2. The first-order valence-electron chi connectivity index (χ1n) is 4.77. The highest BCUT2D eigenvalue weighted by atomic mass is 35.5. The van der Waals surface area contributed by atoms with Crippen molar-refractivity contribution >= 4 is 34.6 Å². The summed E-state index contributed by atoms with van der Waals surface area (Å²) in [5.41, 5.74) is 1.86. The Kier molecular flexibility index (Phi) is 3.45. The van der Waals surface area contributed by atoms with Crippen LogP contribution in [0.1, 0.15) is 5.56 Å². The Labute approximate surface area is 108 Å². The van der Waals surface area contributed by atoms with Gasteiger partial charge in [-0.25, -0.2) is 4.39 Å². The minimum absolute atomic E-state index is 0.177. The van der Waals surface area contributed by atoms with Gasteiger partial charge in [-0.3, -0.25) is 0 Å². The van der Waals surface area contributed by atoms with Crippen LogP contribution < -0.4 is 5.32 Å². The van der Waals surface area contributed by atoms with E-state index in [0.717, 1.165) is 5.56 Å². The first-order chi connectivity index (χ1) is 8.04. The molecule has 2 aromatic rings. The molecule has 1 aromatic heterocycles. The molecule has 0 bridgehead atoms. The molecule has 88 valence electrons. The van der Waals surface area contributed by atoms with Crippen molar-refractivity contribution in [1.82, 2.24) is 10.2 Å². The number of hydrogen-bond donors (Lipinski definition) is 1. The molecule has 0 saturated heterocycles. The summed E-state index contributed by atoms with van der Waals surface area (Å²) in [5.74, 6) is -0.322. The number of hydrogen-bond acceptors (Lipinski definition) is 3. The van der Waals surface area contributed by atoms with Gasteiger partial charge in [0.25, 0.3) is 0 Å². The average molecular weight is 272 g/mol. The molecule has 1 N–H and O–H groups in total. The molecular weight excluding hydrogens is 264 g/mol. The monoisotopic (exact) mass is 271 g/mol. The molecule has 0 spiro atoms. The van der Waals surface area contributed by atoms with Crippen LogP contribution in [0.25, 0.3) is 0 Å². The van der Waals surface area contributed by atoms with Crippen LogP contribution in [-0.4, -0.2) is 10.2 Å². The topological polar surface area (TPSA) is 37.8 Å². The molecule has 0 unspecified atom stereocenters. The minimum Gasteiger partial charge on any atom is -0.353 e. The van der Waals surface area contributed by atoms with E-state index in [4.69, 9.17) is 23.2 Å². The number of aryl methyl sites for hydroxylation is 1. The third-order valence-electron chi connectivity index (χ3n) is 2.04. The fourth-order valence-electron chi connectivity index (χ4n) is 1.40. The highest BCUT2D eigenvalue weighted by molar-refractivity contribution is 6.33. The Morgan fingerprint density at radius 2 is 1.88 bits per heavy atom. The molecule has 1 heterocycles. The Balaban J connectivity index is 2.34. The molecule has 0 fully saturated rings. The summed E-state index contributed by atoms with van der Waals surface area (Å²) in [6.45, 7) is 1.80. The van der Waals surface area contributed by atoms with Gasteiger partial charge in [-0.1, -0.05) is 23.2 Å². The van der Waals surface area contributed by atoms with E-state index >= 15 is 0 Å². The van der Waals surface area contributed by atoms with Gasteiger partial charge >= 0.3 is 0 Å². The van der Waals surface area contributed by atoms with Gasteiger partial charge in [-0.2, -0.15) is 0 Å². The zero-order chi connectivity index (χ0) is 12.4. The lowest BCUT2D eigenvalue weighted by Crippen LogP contribution is -1.96. The number of rotatable bonds is 2. The van der Waals surface area contributed by atoms with Crippen molar-refractivity contribution in [2.24, 2.45) is 0 Å². The van der Waals surface area contributed by atoms with Crippen molar-refractivity contribution in [3.05, 3.63) is 46.0 Å². The Hall–Kier alpha value is -1.39. The van der Waals surface area contributed by atoms with Gasteiger partial charge in [-0.15, -0.1) is 10.2 Å². The molecule has 6 heteroatoms. The molecular formula is C11H8Cl2FN3. The van der Waals surface area contributed by atoms with Crippen LogP contribution in [0.15, 0.2) is 24.3 Å². The predicted octanol–water partition coefficient (Wildman–Crippen LogP) is 3.97. The third kappa shape index (κ3) is 3.05. The van der Waals surface area contributed by atoms with Crippen LogP contribution in [0.4, 0.5) is 15.8 Å². The lowest BCUT2D eigenvalue weighted by molar-refractivity contribution is 0.627. The maximum atomic E-state index is 13.2. The fourth-order valence-corrected chi connectivity index (χ4v) is 1.69. The Morgan fingerprint density at radius 1 is 1.12 bits per heavy atom. The number of benzene rings is 1. The lowest BCUT2D eigenvalue weighted by Gasteiger charge is -2.08. The van der Waals surface area contributed by atoms with Gasteiger partial charge in [0.2, 0.25) is 0 Å². The van der Waals surface area contributed by atoms with Gasteiger partial charge in [0.05, 0.1) is 5.69 Å². The number of aromatic nitrogens is 2. The van der Waals surface area contributed by atoms with Crippen LogP contribution in [0, 0.1) is 12.7 Å². The molecule has 2 rings (SSSR count). The standard InChI is InChI=1S/C11H8Cl2FN3/c1-6-2-7(14)4-8(3-6)15-9-5-10(12)16-17-11(9)13/h2-5H,1H3,(H,15,16). The van der Waals surface area contributed by atoms with E-state index in [2.05, 4.69) is 15.5 Å². The zero-order valence-electron chi connectivity index (χ0n) is 8.84. The van der Waals surface area contributed by atoms with Crippen molar-refractivity contribution < 1.29 is 4.39 Å². The van der Waals surface area contributed by atoms with Gasteiger partial charge < -0.3 is 5.32 Å². The summed E-state index contributed by atoms with van der Waals surface area (Å²) < 4.78 is 13.2. The third-order valence-corrected chi connectivity index (χ3v) is 2.50. The molecule has 17 heavy (non-hydrogen) atoms. The average Bonchev–Trinajstić information content (AvgIpc) is 2.22. The van der Waals surface area contributed by atoms with Crippen LogP contribution >= 0.6 is 23.2 Å². The summed E-state index contributed by atoms with van der Waals surface area (Å²) in [5, 5.41) is 10.6. The number of halogens is 3. The highest BCUT2D eigenvalue weighted by Gasteiger charge is 2.05. The molecule has 0 amide bonds. The van der Waals surface area contributed by atoms with Crippen molar-refractivity contribution in [2.75, 3.05) is 5.32 Å².